The lowest BCUT2D eigenvalue weighted by atomic mass is 9.76. The molecule has 6 rings (SSSR count). The summed E-state index contributed by atoms with van der Waals surface area (Å²) in [4.78, 5) is 54.7. The normalized spacial score (nSPS) is 22.8. The number of fused-ring (bicyclic) bond motifs is 4. The van der Waals surface area contributed by atoms with Gasteiger partial charge in [0.2, 0.25) is 5.91 Å². The quantitative estimate of drug-likeness (QED) is 0.197. The summed E-state index contributed by atoms with van der Waals surface area (Å²) in [6, 6.07) is 10.2. The van der Waals surface area contributed by atoms with E-state index in [2.05, 4.69) is 5.32 Å². The van der Waals surface area contributed by atoms with E-state index in [9.17, 15) is 29.4 Å². The maximum absolute atomic E-state index is 14.5. The van der Waals surface area contributed by atoms with Crippen LogP contribution >= 0.6 is 0 Å². The highest BCUT2D eigenvalue weighted by molar-refractivity contribution is 5.99. The van der Waals surface area contributed by atoms with Crippen LogP contribution in [0.15, 0.2) is 63.3 Å². The number of rotatable bonds is 8. The summed E-state index contributed by atoms with van der Waals surface area (Å²) in [5, 5.41) is 24.7. The van der Waals surface area contributed by atoms with Crippen LogP contribution in [-0.2, 0) is 4.79 Å². The fourth-order valence-electron chi connectivity index (χ4n) is 6.96. The summed E-state index contributed by atoms with van der Waals surface area (Å²) in [7, 11) is 1.43. The highest BCUT2D eigenvalue weighted by Gasteiger charge is 2.52. The third-order valence-electron chi connectivity index (χ3n) is 9.06. The second-order valence-electron chi connectivity index (χ2n) is 11.7. The molecule has 1 saturated carbocycles. The number of ether oxygens (including phenoxy) is 2. The van der Waals surface area contributed by atoms with E-state index in [0.29, 0.717) is 47.0 Å². The van der Waals surface area contributed by atoms with Gasteiger partial charge in [0.05, 0.1) is 25.7 Å². The molecular weight excluding hydrogens is 580 g/mol. The Morgan fingerprint density at radius 3 is 2.58 bits per heavy atom. The van der Waals surface area contributed by atoms with Crippen LogP contribution in [0.5, 0.6) is 11.5 Å². The molecule has 3 aromatic rings. The first kappa shape index (κ1) is 30.5. The second kappa shape index (κ2) is 12.9. The Hall–Kier alpha value is -4.48. The fraction of sp³-hybridized carbons (Fsp3) is 0.412. The number of aliphatic hydroxyl groups excluding tert-OH is 2. The number of nitrogens with one attached hydrogen (secondary N) is 1. The van der Waals surface area contributed by atoms with E-state index in [1.807, 2.05) is 0 Å². The van der Waals surface area contributed by atoms with Gasteiger partial charge >= 0.3 is 5.63 Å². The first-order chi connectivity index (χ1) is 21.9. The molecule has 11 nitrogen and oxygen atoms in total. The molecule has 236 valence electrons. The van der Waals surface area contributed by atoms with Crippen LogP contribution in [0.25, 0.3) is 11.0 Å². The lowest BCUT2D eigenvalue weighted by Gasteiger charge is -2.44. The summed E-state index contributed by atoms with van der Waals surface area (Å²) in [5.41, 5.74) is 0.404. The molecule has 2 amide bonds. The predicted octanol–water partition coefficient (Wildman–Crippen LogP) is 3.10. The van der Waals surface area contributed by atoms with Crippen molar-refractivity contribution in [1.82, 2.24) is 10.2 Å². The molecule has 0 saturated heterocycles. The monoisotopic (exact) mass is 616 g/mol. The lowest BCUT2D eigenvalue weighted by Crippen LogP contribution is -2.58. The van der Waals surface area contributed by atoms with Gasteiger partial charge in [-0.15, -0.1) is 0 Å². The van der Waals surface area contributed by atoms with Crippen molar-refractivity contribution in [3.05, 3.63) is 81.2 Å². The zero-order valence-corrected chi connectivity index (χ0v) is 24.9. The van der Waals surface area contributed by atoms with Crippen molar-refractivity contribution in [2.24, 2.45) is 0 Å². The van der Waals surface area contributed by atoms with Crippen LogP contribution in [0.4, 0.5) is 0 Å². The minimum Gasteiger partial charge on any atom is -0.493 e. The number of hydrogen-bond donors (Lipinski definition) is 3. The third kappa shape index (κ3) is 5.62. The van der Waals surface area contributed by atoms with Crippen molar-refractivity contribution in [2.45, 2.75) is 68.7 Å². The highest BCUT2D eigenvalue weighted by Crippen LogP contribution is 2.51. The van der Waals surface area contributed by atoms with Crippen LogP contribution in [0.1, 0.15) is 70.7 Å². The average molecular weight is 617 g/mol. The summed E-state index contributed by atoms with van der Waals surface area (Å²) in [6.07, 6.45) is 4.91. The Morgan fingerprint density at radius 1 is 1.11 bits per heavy atom. The molecule has 0 spiro atoms. The molecule has 45 heavy (non-hydrogen) atoms. The number of methoxy groups -OCH3 is 1. The molecule has 0 bridgehead atoms. The Morgan fingerprint density at radius 2 is 1.87 bits per heavy atom. The van der Waals surface area contributed by atoms with Crippen LogP contribution in [0.2, 0.25) is 0 Å². The molecular formula is C34H36N2O9. The van der Waals surface area contributed by atoms with Gasteiger partial charge in [0.25, 0.3) is 5.91 Å². The Labute approximate surface area is 259 Å². The minimum atomic E-state index is -1.32. The van der Waals surface area contributed by atoms with Crippen molar-refractivity contribution in [2.75, 3.05) is 20.3 Å². The second-order valence-corrected chi connectivity index (χ2v) is 11.7. The van der Waals surface area contributed by atoms with Crippen LogP contribution in [-0.4, -0.2) is 77.8 Å². The summed E-state index contributed by atoms with van der Waals surface area (Å²) in [6.45, 7) is -0.310. The number of hydrogen-bond acceptors (Lipinski definition) is 9. The van der Waals surface area contributed by atoms with E-state index in [1.54, 1.807) is 36.4 Å². The van der Waals surface area contributed by atoms with Gasteiger partial charge in [0.15, 0.2) is 11.5 Å². The maximum atomic E-state index is 14.5. The lowest BCUT2D eigenvalue weighted by molar-refractivity contribution is -0.118. The largest absolute Gasteiger partial charge is 0.493 e. The zero-order valence-electron chi connectivity index (χ0n) is 24.9. The number of carbonyl (C=O) groups excluding carboxylic acids is 3. The number of aldehydes is 1. The minimum absolute atomic E-state index is 0.0183. The topological polar surface area (TPSA) is 156 Å². The zero-order chi connectivity index (χ0) is 31.7. The van der Waals surface area contributed by atoms with Gasteiger partial charge in [-0.05, 0) is 43.2 Å². The van der Waals surface area contributed by atoms with Gasteiger partial charge in [-0.1, -0.05) is 43.9 Å². The van der Waals surface area contributed by atoms with Gasteiger partial charge in [-0.2, -0.15) is 0 Å². The van der Waals surface area contributed by atoms with Crippen molar-refractivity contribution in [3.63, 3.8) is 0 Å². The van der Waals surface area contributed by atoms with Crippen molar-refractivity contribution < 1.29 is 38.5 Å². The van der Waals surface area contributed by atoms with Crippen molar-refractivity contribution in [1.29, 1.82) is 0 Å². The van der Waals surface area contributed by atoms with Crippen LogP contribution < -0.4 is 20.4 Å². The van der Waals surface area contributed by atoms with E-state index in [0.717, 1.165) is 25.7 Å². The number of nitrogens with zero attached hydrogens (tertiary/aromatic N) is 1. The molecule has 0 unspecified atom stereocenters. The first-order valence-corrected chi connectivity index (χ1v) is 15.3. The van der Waals surface area contributed by atoms with Gasteiger partial charge in [0, 0.05) is 34.7 Å². The van der Waals surface area contributed by atoms with Crippen molar-refractivity contribution in [3.8, 4) is 11.5 Å². The number of benzene rings is 2. The molecule has 0 radical (unpaired) electrons. The van der Waals surface area contributed by atoms with Crippen molar-refractivity contribution >= 4 is 29.1 Å². The Balaban J connectivity index is 1.50. The molecule has 3 aliphatic rings. The SMILES string of the molecule is COc1cc(C=O)cc2c1O[C@@H]1[C@@H](O)[C@H](N(C(=O)c3cc4ccccc4oc3=O)C3CCCCCC3)C=C(C(=O)NCCO)[C@H]21. The fourth-order valence-corrected chi connectivity index (χ4v) is 6.96. The average Bonchev–Trinajstić information content (AvgIpc) is 3.24. The maximum Gasteiger partial charge on any atom is 0.349 e. The van der Waals surface area contributed by atoms with Gasteiger partial charge in [0.1, 0.15) is 29.6 Å². The molecule has 4 atom stereocenters. The highest BCUT2D eigenvalue weighted by atomic mass is 16.5. The number of carbonyl (C=O) groups is 3. The third-order valence-corrected chi connectivity index (χ3v) is 9.06. The summed E-state index contributed by atoms with van der Waals surface area (Å²) in [5.74, 6) is -1.35. The molecule has 2 aromatic carbocycles. The number of para-hydroxylation sites is 1. The van der Waals surface area contributed by atoms with Gasteiger partial charge < -0.3 is 34.3 Å². The van der Waals surface area contributed by atoms with Gasteiger partial charge in [-0.25, -0.2) is 4.79 Å². The smallest absolute Gasteiger partial charge is 0.349 e. The van der Waals surface area contributed by atoms with E-state index in [1.165, 1.54) is 24.1 Å². The van der Waals surface area contributed by atoms with E-state index >= 15 is 0 Å². The number of aliphatic hydroxyl groups is 2. The molecule has 2 aliphatic carbocycles. The standard InChI is InChI=1S/C34H36N2O9/c1-43-27-15-19(18-38)14-22-28-23(32(40)35-12-13-37)17-25(29(39)31(28)45-30(22)27)36(21-9-4-2-3-5-10-21)33(41)24-16-20-8-6-7-11-26(20)44-34(24)42/h6-8,11,14-18,21,25,28-29,31,37,39H,2-5,9-10,12-13H2,1H3,(H,35,40)/t25-,28+,29+,31+/m1/s1. The number of amides is 2. The molecule has 1 aromatic heterocycles. The van der Waals surface area contributed by atoms with E-state index in [-0.39, 0.29) is 36.1 Å². The predicted molar refractivity (Wildman–Crippen MR) is 164 cm³/mol. The molecule has 11 heteroatoms. The molecule has 3 N–H and O–H groups in total. The Kier molecular flexibility index (Phi) is 8.73. The summed E-state index contributed by atoms with van der Waals surface area (Å²) >= 11 is 0. The first-order valence-electron chi connectivity index (χ1n) is 15.3. The van der Waals surface area contributed by atoms with E-state index < -0.39 is 41.6 Å². The van der Waals surface area contributed by atoms with E-state index in [4.69, 9.17) is 13.9 Å². The molecule has 2 heterocycles. The van der Waals surface area contributed by atoms with Gasteiger partial charge in [-0.3, -0.25) is 14.4 Å². The summed E-state index contributed by atoms with van der Waals surface area (Å²) < 4.78 is 17.3. The molecule has 1 aliphatic heterocycles. The van der Waals surface area contributed by atoms with Crippen LogP contribution in [0.3, 0.4) is 0 Å². The van der Waals surface area contributed by atoms with Crippen LogP contribution in [0, 0.1) is 0 Å². The Bertz CT molecular complexity index is 1710. The molecule has 1 fully saturated rings.